The summed E-state index contributed by atoms with van der Waals surface area (Å²) >= 11 is 0. The summed E-state index contributed by atoms with van der Waals surface area (Å²) in [6.45, 7) is 2.39. The maximum absolute atomic E-state index is 14.6. The Bertz CT molecular complexity index is 1030. The Kier molecular flexibility index (Phi) is 5.65. The molecule has 0 N–H and O–H groups in total. The lowest BCUT2D eigenvalue weighted by molar-refractivity contribution is 0.0266. The summed E-state index contributed by atoms with van der Waals surface area (Å²) in [5.41, 5.74) is 0.284. The van der Waals surface area contributed by atoms with Gasteiger partial charge in [0.25, 0.3) is 5.91 Å². The fourth-order valence-electron chi connectivity index (χ4n) is 3.65. The van der Waals surface area contributed by atoms with Crippen molar-refractivity contribution in [1.82, 2.24) is 19.9 Å². The third-order valence-corrected chi connectivity index (χ3v) is 5.18. The maximum atomic E-state index is 14.6. The Balaban J connectivity index is 1.60. The van der Waals surface area contributed by atoms with Crippen molar-refractivity contribution in [3.05, 3.63) is 72.2 Å². The minimum absolute atomic E-state index is 0.0820. The number of nitrogens with zero attached hydrogens (tertiary/aromatic N) is 4. The number of hydrogen-bond donors (Lipinski definition) is 0. The molecule has 1 aliphatic rings. The van der Waals surface area contributed by atoms with Gasteiger partial charge in [0, 0.05) is 25.0 Å². The number of pyridine rings is 1. The lowest BCUT2D eigenvalue weighted by Gasteiger charge is -2.39. The molecule has 0 spiro atoms. The average Bonchev–Trinajstić information content (AvgIpc) is 2.76. The predicted molar refractivity (Wildman–Crippen MR) is 106 cm³/mol. The fourth-order valence-corrected chi connectivity index (χ4v) is 3.65. The summed E-state index contributed by atoms with van der Waals surface area (Å²) in [5, 5.41) is 0. The van der Waals surface area contributed by atoms with Crippen molar-refractivity contribution in [3.63, 3.8) is 0 Å². The van der Waals surface area contributed by atoms with Gasteiger partial charge in [-0.05, 0) is 44.0 Å². The second-order valence-corrected chi connectivity index (χ2v) is 7.09. The molecule has 0 bridgehead atoms. The molecule has 1 fully saturated rings. The SMILES string of the molecule is CC1C(Oc2ccc(F)cn2)CCCN1C(=O)c1cccc(F)c1-c1ncccn1. The number of hydrogen-bond acceptors (Lipinski definition) is 5. The number of aromatic nitrogens is 3. The summed E-state index contributed by atoms with van der Waals surface area (Å²) in [6.07, 6.45) is 5.23. The molecule has 1 aromatic carbocycles. The molecule has 1 saturated heterocycles. The zero-order chi connectivity index (χ0) is 21.1. The van der Waals surface area contributed by atoms with Gasteiger partial charge >= 0.3 is 0 Å². The van der Waals surface area contributed by atoms with E-state index >= 15 is 0 Å². The van der Waals surface area contributed by atoms with Crippen LogP contribution in [-0.4, -0.2) is 44.4 Å². The predicted octanol–water partition coefficient (Wildman–Crippen LogP) is 3.89. The summed E-state index contributed by atoms with van der Waals surface area (Å²) < 4.78 is 33.6. The van der Waals surface area contributed by atoms with Gasteiger partial charge in [0.1, 0.15) is 17.7 Å². The van der Waals surface area contributed by atoms with Crippen molar-refractivity contribution in [2.45, 2.75) is 31.9 Å². The van der Waals surface area contributed by atoms with Gasteiger partial charge in [-0.3, -0.25) is 4.79 Å². The van der Waals surface area contributed by atoms with E-state index in [0.29, 0.717) is 18.8 Å². The van der Waals surface area contributed by atoms with E-state index in [0.717, 1.165) is 12.6 Å². The first-order valence-corrected chi connectivity index (χ1v) is 9.69. The van der Waals surface area contributed by atoms with Crippen molar-refractivity contribution >= 4 is 5.91 Å². The Labute approximate surface area is 172 Å². The van der Waals surface area contributed by atoms with Crippen molar-refractivity contribution in [3.8, 4) is 17.3 Å². The molecule has 2 aromatic heterocycles. The van der Waals surface area contributed by atoms with Crippen LogP contribution in [0.2, 0.25) is 0 Å². The van der Waals surface area contributed by atoms with E-state index in [2.05, 4.69) is 15.0 Å². The summed E-state index contributed by atoms with van der Waals surface area (Å²) in [4.78, 5) is 27.2. The van der Waals surface area contributed by atoms with Gasteiger partial charge < -0.3 is 9.64 Å². The standard InChI is InChI=1S/C22H20F2N4O2/c1-14-18(30-19-9-8-15(23)13-27-19)7-3-12-28(14)22(29)16-5-2-6-17(24)20(16)21-25-10-4-11-26-21/h2,4-6,8-11,13-14,18H,3,7,12H2,1H3. The maximum Gasteiger partial charge on any atom is 0.255 e. The number of carbonyl (C=O) groups is 1. The highest BCUT2D eigenvalue weighted by molar-refractivity contribution is 6.00. The molecule has 30 heavy (non-hydrogen) atoms. The van der Waals surface area contributed by atoms with Crippen LogP contribution in [0.25, 0.3) is 11.4 Å². The van der Waals surface area contributed by atoms with Crippen molar-refractivity contribution < 1.29 is 18.3 Å². The second-order valence-electron chi connectivity index (χ2n) is 7.09. The molecule has 1 aliphatic heterocycles. The molecule has 3 heterocycles. The molecule has 154 valence electrons. The molecule has 8 heteroatoms. The van der Waals surface area contributed by atoms with Gasteiger partial charge in [-0.2, -0.15) is 0 Å². The topological polar surface area (TPSA) is 68.2 Å². The van der Waals surface area contributed by atoms with E-state index in [1.165, 1.54) is 36.7 Å². The minimum atomic E-state index is -0.556. The Morgan fingerprint density at radius 3 is 2.63 bits per heavy atom. The van der Waals surface area contributed by atoms with Crippen LogP contribution in [0, 0.1) is 11.6 Å². The molecule has 0 aliphatic carbocycles. The Morgan fingerprint density at radius 1 is 1.10 bits per heavy atom. The first-order valence-electron chi connectivity index (χ1n) is 9.69. The highest BCUT2D eigenvalue weighted by Gasteiger charge is 2.34. The second kappa shape index (κ2) is 8.52. The molecule has 3 aromatic rings. The van der Waals surface area contributed by atoms with Gasteiger partial charge in [-0.1, -0.05) is 6.07 Å². The zero-order valence-corrected chi connectivity index (χ0v) is 16.3. The van der Waals surface area contributed by atoms with Crippen LogP contribution in [0.3, 0.4) is 0 Å². The van der Waals surface area contributed by atoms with Crippen molar-refractivity contribution in [2.24, 2.45) is 0 Å². The molecule has 4 rings (SSSR count). The largest absolute Gasteiger partial charge is 0.472 e. The van der Waals surface area contributed by atoms with Crippen LogP contribution in [0.15, 0.2) is 55.0 Å². The number of benzene rings is 1. The third-order valence-electron chi connectivity index (χ3n) is 5.18. The smallest absolute Gasteiger partial charge is 0.255 e. The van der Waals surface area contributed by atoms with Crippen LogP contribution in [-0.2, 0) is 0 Å². The first kappa shape index (κ1) is 19.9. The summed E-state index contributed by atoms with van der Waals surface area (Å²) in [7, 11) is 0. The molecule has 0 saturated carbocycles. The van der Waals surface area contributed by atoms with E-state index in [-0.39, 0.29) is 35.0 Å². The monoisotopic (exact) mass is 410 g/mol. The third kappa shape index (κ3) is 3.98. The molecule has 6 nitrogen and oxygen atoms in total. The summed E-state index contributed by atoms with van der Waals surface area (Å²) in [6, 6.07) is 8.44. The Hall–Kier alpha value is -3.42. The van der Waals surface area contributed by atoms with Crippen LogP contribution in [0.1, 0.15) is 30.1 Å². The number of rotatable bonds is 4. The van der Waals surface area contributed by atoms with Crippen LogP contribution in [0.4, 0.5) is 8.78 Å². The van der Waals surface area contributed by atoms with E-state index in [4.69, 9.17) is 4.74 Å². The number of halogens is 2. The minimum Gasteiger partial charge on any atom is -0.472 e. The van der Waals surface area contributed by atoms with Gasteiger partial charge in [0.15, 0.2) is 5.82 Å². The van der Waals surface area contributed by atoms with E-state index < -0.39 is 11.6 Å². The molecular weight excluding hydrogens is 390 g/mol. The van der Waals surface area contributed by atoms with E-state index in [9.17, 15) is 13.6 Å². The van der Waals surface area contributed by atoms with Crippen LogP contribution < -0.4 is 4.74 Å². The molecule has 2 atom stereocenters. The highest BCUT2D eigenvalue weighted by atomic mass is 19.1. The van der Waals surface area contributed by atoms with Crippen LogP contribution >= 0.6 is 0 Å². The van der Waals surface area contributed by atoms with Crippen molar-refractivity contribution in [1.29, 1.82) is 0 Å². The number of ether oxygens (including phenoxy) is 1. The van der Waals surface area contributed by atoms with Gasteiger partial charge in [-0.25, -0.2) is 23.7 Å². The lowest BCUT2D eigenvalue weighted by Crippen LogP contribution is -2.51. The Morgan fingerprint density at radius 2 is 1.90 bits per heavy atom. The normalized spacial score (nSPS) is 18.8. The number of amides is 1. The summed E-state index contributed by atoms with van der Waals surface area (Å²) in [5.74, 6) is -0.860. The van der Waals surface area contributed by atoms with E-state index in [1.807, 2.05) is 6.92 Å². The quantitative estimate of drug-likeness (QED) is 0.653. The van der Waals surface area contributed by atoms with E-state index in [1.54, 1.807) is 17.0 Å². The molecule has 1 amide bonds. The van der Waals surface area contributed by atoms with Crippen LogP contribution in [0.5, 0.6) is 5.88 Å². The van der Waals surface area contributed by atoms with Gasteiger partial charge in [0.2, 0.25) is 5.88 Å². The zero-order valence-electron chi connectivity index (χ0n) is 16.3. The average molecular weight is 410 g/mol. The van der Waals surface area contributed by atoms with Gasteiger partial charge in [-0.15, -0.1) is 0 Å². The molecule has 2 unspecified atom stereocenters. The molecule has 0 radical (unpaired) electrons. The molecular formula is C22H20F2N4O2. The van der Waals surface area contributed by atoms with Gasteiger partial charge in [0.05, 0.1) is 23.4 Å². The highest BCUT2D eigenvalue weighted by Crippen LogP contribution is 2.28. The lowest BCUT2D eigenvalue weighted by atomic mass is 9.97. The number of likely N-dealkylation sites (tertiary alicyclic amines) is 1. The fraction of sp³-hybridized carbons (Fsp3) is 0.273. The number of piperidine rings is 1. The number of carbonyl (C=O) groups excluding carboxylic acids is 1. The van der Waals surface area contributed by atoms with Crippen molar-refractivity contribution in [2.75, 3.05) is 6.54 Å². The first-order chi connectivity index (χ1) is 14.5.